The van der Waals surface area contributed by atoms with Crippen LogP contribution in [0.5, 0.6) is 5.75 Å². The molecule has 136 valence electrons. The predicted molar refractivity (Wildman–Crippen MR) is 108 cm³/mol. The maximum Gasteiger partial charge on any atom is 0.266 e. The Hall–Kier alpha value is -2.49. The number of amides is 3. The Morgan fingerprint density at radius 2 is 1.89 bits per heavy atom. The molecule has 3 amide bonds. The van der Waals surface area contributed by atoms with Crippen molar-refractivity contribution in [1.29, 1.82) is 0 Å². The van der Waals surface area contributed by atoms with Crippen molar-refractivity contribution in [2.24, 2.45) is 0 Å². The molecule has 0 radical (unpaired) electrons. The highest BCUT2D eigenvalue weighted by Gasteiger charge is 2.48. The molecule has 0 bridgehead atoms. The predicted octanol–water partition coefficient (Wildman–Crippen LogP) is 2.99. The van der Waals surface area contributed by atoms with Gasteiger partial charge in [0.2, 0.25) is 5.91 Å². The van der Waals surface area contributed by atoms with Crippen molar-refractivity contribution < 1.29 is 19.5 Å². The second kappa shape index (κ2) is 6.91. The van der Waals surface area contributed by atoms with E-state index in [1.54, 1.807) is 6.08 Å². The summed E-state index contributed by atoms with van der Waals surface area (Å²) in [6.07, 6.45) is 1.61. The van der Waals surface area contributed by atoms with Gasteiger partial charge in [-0.25, -0.2) is 4.90 Å². The van der Waals surface area contributed by atoms with Gasteiger partial charge in [0.05, 0.1) is 17.0 Å². The van der Waals surface area contributed by atoms with E-state index in [0.717, 1.165) is 21.5 Å². The molecule has 2 aromatic rings. The second-order valence-corrected chi connectivity index (χ2v) is 8.53. The molecule has 1 unspecified atom stereocenters. The van der Waals surface area contributed by atoms with Crippen LogP contribution in [0, 0.1) is 0 Å². The lowest BCUT2D eigenvalue weighted by Crippen LogP contribution is -2.44. The minimum absolute atomic E-state index is 0.0325. The van der Waals surface area contributed by atoms with E-state index in [1.807, 2.05) is 17.5 Å². The molecule has 2 aliphatic heterocycles. The summed E-state index contributed by atoms with van der Waals surface area (Å²) in [5.41, 5.74) is 0.352. The maximum absolute atomic E-state index is 12.9. The molecule has 3 heterocycles. The van der Waals surface area contributed by atoms with E-state index in [0.29, 0.717) is 10.6 Å². The number of phenols is 1. The number of anilines is 1. The highest BCUT2D eigenvalue weighted by atomic mass is 32.2. The fourth-order valence-corrected chi connectivity index (χ4v) is 5.02. The lowest BCUT2D eigenvalue weighted by atomic mass is 10.2. The number of rotatable bonds is 3. The van der Waals surface area contributed by atoms with Gasteiger partial charge < -0.3 is 5.11 Å². The van der Waals surface area contributed by atoms with Gasteiger partial charge in [-0.15, -0.1) is 11.3 Å². The van der Waals surface area contributed by atoms with Crippen molar-refractivity contribution in [3.8, 4) is 5.75 Å². The first-order valence-corrected chi connectivity index (χ1v) is 10.0. The minimum Gasteiger partial charge on any atom is -0.508 e. The van der Waals surface area contributed by atoms with E-state index in [9.17, 15) is 19.5 Å². The topological polar surface area (TPSA) is 77.9 Å². The summed E-state index contributed by atoms with van der Waals surface area (Å²) < 4.78 is 0.265. The molecule has 2 fully saturated rings. The summed E-state index contributed by atoms with van der Waals surface area (Å²) in [5.74, 6) is -1.24. The first-order valence-electron chi connectivity index (χ1n) is 7.92. The SMILES string of the molecule is O=C1CC(N2C(=O)C(=Cc3cccs3)SC2=S)C(=O)N1c1ccc(O)cc1. The van der Waals surface area contributed by atoms with E-state index in [-0.39, 0.29) is 22.4 Å². The number of benzene rings is 1. The normalized spacial score (nSPS) is 21.8. The van der Waals surface area contributed by atoms with Gasteiger partial charge >= 0.3 is 0 Å². The summed E-state index contributed by atoms with van der Waals surface area (Å²) in [5, 5.41) is 11.3. The van der Waals surface area contributed by atoms with E-state index in [2.05, 4.69) is 0 Å². The summed E-state index contributed by atoms with van der Waals surface area (Å²) in [6.45, 7) is 0. The summed E-state index contributed by atoms with van der Waals surface area (Å²) in [4.78, 5) is 41.7. The number of phenolic OH excluding ortho intramolecular Hbond substituents is 1. The van der Waals surface area contributed by atoms with Gasteiger partial charge in [-0.2, -0.15) is 0 Å². The highest BCUT2D eigenvalue weighted by molar-refractivity contribution is 8.26. The fourth-order valence-electron chi connectivity index (χ4n) is 2.94. The molecule has 27 heavy (non-hydrogen) atoms. The molecule has 0 spiro atoms. The van der Waals surface area contributed by atoms with E-state index < -0.39 is 17.9 Å². The van der Waals surface area contributed by atoms with Crippen LogP contribution < -0.4 is 4.90 Å². The van der Waals surface area contributed by atoms with Crippen LogP contribution in [0.3, 0.4) is 0 Å². The summed E-state index contributed by atoms with van der Waals surface area (Å²) in [6, 6.07) is 8.57. The average molecular weight is 417 g/mol. The quantitative estimate of drug-likeness (QED) is 0.471. The number of thiocarbonyl (C=S) groups is 1. The first-order chi connectivity index (χ1) is 13.0. The molecular weight excluding hydrogens is 404 g/mol. The van der Waals surface area contributed by atoms with Gasteiger partial charge in [0.15, 0.2) is 0 Å². The van der Waals surface area contributed by atoms with Crippen LogP contribution in [0.1, 0.15) is 11.3 Å². The number of thiophene rings is 1. The number of hydrogen-bond donors (Lipinski definition) is 1. The maximum atomic E-state index is 12.9. The molecule has 1 atom stereocenters. The number of carbonyl (C=O) groups excluding carboxylic acids is 3. The zero-order valence-electron chi connectivity index (χ0n) is 13.7. The van der Waals surface area contributed by atoms with Crippen LogP contribution in [-0.4, -0.2) is 38.1 Å². The third-order valence-electron chi connectivity index (χ3n) is 4.18. The van der Waals surface area contributed by atoms with Crippen molar-refractivity contribution in [1.82, 2.24) is 4.90 Å². The molecule has 2 aliphatic rings. The Morgan fingerprint density at radius 3 is 2.56 bits per heavy atom. The van der Waals surface area contributed by atoms with Gasteiger partial charge in [0, 0.05) is 4.88 Å². The number of hydrogen-bond acceptors (Lipinski definition) is 7. The smallest absolute Gasteiger partial charge is 0.266 e. The van der Waals surface area contributed by atoms with E-state index >= 15 is 0 Å². The van der Waals surface area contributed by atoms with Crippen LogP contribution in [0.4, 0.5) is 5.69 Å². The Morgan fingerprint density at radius 1 is 1.15 bits per heavy atom. The fraction of sp³-hybridized carbons (Fsp3) is 0.111. The summed E-state index contributed by atoms with van der Waals surface area (Å²) in [7, 11) is 0. The van der Waals surface area contributed by atoms with Crippen molar-refractivity contribution in [2.75, 3.05) is 4.90 Å². The zero-order chi connectivity index (χ0) is 19.1. The van der Waals surface area contributed by atoms with Crippen molar-refractivity contribution in [2.45, 2.75) is 12.5 Å². The molecule has 0 saturated carbocycles. The van der Waals surface area contributed by atoms with Crippen LogP contribution in [-0.2, 0) is 14.4 Å². The molecule has 1 aromatic carbocycles. The first kappa shape index (κ1) is 17.9. The van der Waals surface area contributed by atoms with Crippen molar-refractivity contribution in [3.05, 3.63) is 51.6 Å². The zero-order valence-corrected chi connectivity index (χ0v) is 16.1. The second-order valence-electron chi connectivity index (χ2n) is 5.87. The molecule has 1 aromatic heterocycles. The van der Waals surface area contributed by atoms with Gasteiger partial charge in [-0.05, 0) is 41.8 Å². The minimum atomic E-state index is -0.951. The lowest BCUT2D eigenvalue weighted by molar-refractivity contribution is -0.129. The number of aromatic hydroxyl groups is 1. The third-order valence-corrected chi connectivity index (χ3v) is 6.33. The van der Waals surface area contributed by atoms with Crippen LogP contribution in [0.25, 0.3) is 6.08 Å². The van der Waals surface area contributed by atoms with Gasteiger partial charge in [-0.1, -0.05) is 30.0 Å². The molecule has 0 aliphatic carbocycles. The lowest BCUT2D eigenvalue weighted by Gasteiger charge is -2.21. The molecular formula is C18H12N2O4S3. The number of imide groups is 1. The van der Waals surface area contributed by atoms with Crippen LogP contribution >= 0.6 is 35.3 Å². The Balaban J connectivity index is 1.61. The van der Waals surface area contributed by atoms with Crippen LogP contribution in [0.2, 0.25) is 0 Å². The molecule has 9 heteroatoms. The molecule has 1 N–H and O–H groups in total. The average Bonchev–Trinajstić information content (AvgIpc) is 3.30. The van der Waals surface area contributed by atoms with Crippen molar-refractivity contribution >= 4 is 69.1 Å². The number of carbonyl (C=O) groups is 3. The third kappa shape index (κ3) is 3.18. The van der Waals surface area contributed by atoms with Crippen molar-refractivity contribution in [3.63, 3.8) is 0 Å². The number of nitrogens with zero attached hydrogens (tertiary/aromatic N) is 2. The Labute approximate surface area is 168 Å². The van der Waals surface area contributed by atoms with Gasteiger partial charge in [0.1, 0.15) is 16.1 Å². The largest absolute Gasteiger partial charge is 0.508 e. The Kier molecular flexibility index (Phi) is 4.58. The van der Waals surface area contributed by atoms with Gasteiger partial charge in [0.25, 0.3) is 11.8 Å². The highest BCUT2D eigenvalue weighted by Crippen LogP contribution is 2.37. The molecule has 4 rings (SSSR count). The molecule has 2 saturated heterocycles. The summed E-state index contributed by atoms with van der Waals surface area (Å²) >= 11 is 7.93. The Bertz CT molecular complexity index is 983. The number of thioether (sulfide) groups is 1. The standard InChI is InChI=1S/C18H12N2O4S3/c21-11-5-3-10(4-6-11)19-15(22)9-13(16(19)23)20-17(24)14(27-18(20)25)8-12-2-1-7-26-12/h1-8,13,21H,9H2. The van der Waals surface area contributed by atoms with Gasteiger partial charge in [-0.3, -0.25) is 19.3 Å². The van der Waals surface area contributed by atoms with Crippen LogP contribution in [0.15, 0.2) is 46.7 Å². The molecule has 6 nitrogen and oxygen atoms in total. The monoisotopic (exact) mass is 416 g/mol. The van der Waals surface area contributed by atoms with E-state index in [4.69, 9.17) is 12.2 Å². The van der Waals surface area contributed by atoms with E-state index in [1.165, 1.54) is 40.5 Å².